The van der Waals surface area contributed by atoms with Crippen molar-refractivity contribution in [2.75, 3.05) is 0 Å². The van der Waals surface area contributed by atoms with Gasteiger partial charge in [-0.25, -0.2) is 4.98 Å². The average Bonchev–Trinajstić information content (AvgIpc) is 3.66. The van der Waals surface area contributed by atoms with Gasteiger partial charge in [-0.1, -0.05) is 47.5 Å². The predicted octanol–water partition coefficient (Wildman–Crippen LogP) is 10.4. The van der Waals surface area contributed by atoms with Crippen molar-refractivity contribution in [3.05, 3.63) is 132 Å². The van der Waals surface area contributed by atoms with E-state index in [1.54, 1.807) is 10.6 Å². The van der Waals surface area contributed by atoms with Crippen LogP contribution in [0.15, 0.2) is 102 Å². The van der Waals surface area contributed by atoms with Gasteiger partial charge < -0.3 is 14.0 Å². The van der Waals surface area contributed by atoms with Crippen LogP contribution in [-0.4, -0.2) is 37.8 Å². The van der Waals surface area contributed by atoms with Crippen molar-refractivity contribution in [2.45, 2.75) is 58.3 Å². The fourth-order valence-electron chi connectivity index (χ4n) is 6.98. The van der Waals surface area contributed by atoms with Gasteiger partial charge in [0.25, 0.3) is 0 Å². The number of imidazole rings is 1. The van der Waals surface area contributed by atoms with E-state index in [9.17, 15) is 0 Å². The summed E-state index contributed by atoms with van der Waals surface area (Å²) in [5.41, 5.74) is 13.2. The maximum Gasteiger partial charge on any atom is 0.217 e. The van der Waals surface area contributed by atoms with Gasteiger partial charge in [-0.05, 0) is 56.3 Å². The Balaban J connectivity index is 0.000000193. The molecule has 8 rings (SSSR count). The van der Waals surface area contributed by atoms with Gasteiger partial charge in [-0.3, -0.25) is 4.98 Å². The van der Waals surface area contributed by atoms with E-state index in [1.807, 2.05) is 54.6 Å². The van der Waals surface area contributed by atoms with Gasteiger partial charge in [0.15, 0.2) is 0 Å². The van der Waals surface area contributed by atoms with Gasteiger partial charge in [0, 0.05) is 42.9 Å². The first kappa shape index (κ1) is 37.3. The second-order valence-electron chi connectivity index (χ2n) is 14.8. The second kappa shape index (κ2) is 15.3. The first-order valence-corrected chi connectivity index (χ1v) is 24.9. The molecule has 0 fully saturated rings. The van der Waals surface area contributed by atoms with Crippen molar-refractivity contribution in [1.29, 1.82) is 0 Å². The van der Waals surface area contributed by atoms with Crippen molar-refractivity contribution in [2.24, 2.45) is 5.92 Å². The molecule has 5 heterocycles. The van der Waals surface area contributed by atoms with Crippen molar-refractivity contribution < 1.29 is 24.5 Å². The molecular formula is C44H43GeIrN5O-2. The normalized spacial score (nSPS) is 11.6. The van der Waals surface area contributed by atoms with E-state index in [4.69, 9.17) is 14.4 Å². The van der Waals surface area contributed by atoms with E-state index in [-0.39, 0.29) is 20.1 Å². The molecule has 0 aliphatic carbocycles. The number of hydrogen-bond donors (Lipinski definition) is 0. The maximum absolute atomic E-state index is 5.97. The number of aromatic nitrogens is 5. The van der Waals surface area contributed by atoms with Gasteiger partial charge in [0.1, 0.15) is 0 Å². The van der Waals surface area contributed by atoms with Gasteiger partial charge in [0.2, 0.25) is 5.71 Å². The summed E-state index contributed by atoms with van der Waals surface area (Å²) in [6.07, 6.45) is 8.20. The Morgan fingerprint density at radius 1 is 0.846 bits per heavy atom. The van der Waals surface area contributed by atoms with Crippen LogP contribution in [0.5, 0.6) is 0 Å². The summed E-state index contributed by atoms with van der Waals surface area (Å²) in [4.78, 5) is 18.6. The van der Waals surface area contributed by atoms with Crippen LogP contribution >= 0.6 is 0 Å². The van der Waals surface area contributed by atoms with E-state index in [0.717, 1.165) is 56.7 Å². The van der Waals surface area contributed by atoms with Crippen molar-refractivity contribution >= 4 is 50.9 Å². The molecule has 0 aliphatic heterocycles. The molecule has 5 aromatic heterocycles. The van der Waals surface area contributed by atoms with Crippen LogP contribution in [0.1, 0.15) is 36.1 Å². The van der Waals surface area contributed by atoms with Gasteiger partial charge in [-0.15, -0.1) is 0 Å². The molecule has 0 aliphatic rings. The molecule has 0 atom stereocenters. The average molecular weight is 923 g/mol. The van der Waals surface area contributed by atoms with Crippen LogP contribution in [0.25, 0.3) is 61.6 Å². The molecule has 8 aromatic rings. The van der Waals surface area contributed by atoms with Gasteiger partial charge in [0.05, 0.1) is 22.4 Å². The number of benzene rings is 3. The number of furan rings is 1. The Bertz CT molecular complexity index is 2490. The van der Waals surface area contributed by atoms with E-state index in [0.29, 0.717) is 17.2 Å². The number of rotatable bonds is 6. The third-order valence-corrected chi connectivity index (χ3v) is 13.4. The van der Waals surface area contributed by atoms with Crippen molar-refractivity contribution in [1.82, 2.24) is 24.5 Å². The molecule has 0 unspecified atom stereocenters. The molecule has 265 valence electrons. The molecule has 0 saturated carbocycles. The zero-order valence-corrected chi connectivity index (χ0v) is 35.5. The first-order valence-electron chi connectivity index (χ1n) is 17.6. The fraction of sp³-hybridized carbons (Fsp3) is 0.227. The van der Waals surface area contributed by atoms with E-state index >= 15 is 0 Å². The monoisotopic (exact) mass is 924 g/mol. The van der Waals surface area contributed by atoms with Gasteiger partial charge in [-0.2, -0.15) is 0 Å². The SMILES string of the molecule is CC(C)Cc1cc(-c2[c-]cccc2)nc[c]1[Ge]([CH3])([CH3])[CH3].Cc1cc(C)c(-n2c(-c3[c-]nc4c(c3)oc3ncccc34)nc3ccccc32)c(C)c1.[Ir]. The third-order valence-electron chi connectivity index (χ3n) is 9.10. The molecule has 0 bridgehead atoms. The van der Waals surface area contributed by atoms with E-state index < -0.39 is 13.3 Å². The summed E-state index contributed by atoms with van der Waals surface area (Å²) in [5.74, 6) is 8.78. The zero-order chi connectivity index (χ0) is 35.9. The first-order chi connectivity index (χ1) is 24.5. The Morgan fingerprint density at radius 3 is 2.31 bits per heavy atom. The Hall–Kier alpha value is -4.43. The summed E-state index contributed by atoms with van der Waals surface area (Å²) < 4.78 is 9.71. The van der Waals surface area contributed by atoms with Crippen LogP contribution < -0.4 is 4.40 Å². The number of nitrogens with zero attached hydrogens (tertiary/aromatic N) is 5. The van der Waals surface area contributed by atoms with Crippen molar-refractivity contribution in [3.63, 3.8) is 0 Å². The topological polar surface area (TPSA) is 69.6 Å². The summed E-state index contributed by atoms with van der Waals surface area (Å²) in [5, 5.41) is 0.888. The molecule has 0 amide bonds. The van der Waals surface area contributed by atoms with Crippen LogP contribution in [0, 0.1) is 39.0 Å². The predicted molar refractivity (Wildman–Crippen MR) is 212 cm³/mol. The maximum atomic E-state index is 5.97. The van der Waals surface area contributed by atoms with Gasteiger partial charge >= 0.3 is 126 Å². The van der Waals surface area contributed by atoms with Crippen LogP contribution in [0.3, 0.4) is 0 Å². The standard InChI is InChI=1S/C26H19N4O.C18H24GeN.Ir/c1-15-11-16(2)24(17(3)12-15)30-21-9-5-4-8-20(21)29-25(30)18-13-22-23(28-14-18)19-7-6-10-27-26(19)31-22;1-14(2)11-16-12-18(15-9-7-6-8-10-15)20-13-17(16)19(3,4)5;/h4-13H,1-3H3;6-9,12-14H,11H2,1-5H3;/q2*-1;. The molecule has 52 heavy (non-hydrogen) atoms. The van der Waals surface area contributed by atoms with Crippen LogP contribution in [0.4, 0.5) is 0 Å². The Kier molecular flexibility index (Phi) is 11.0. The van der Waals surface area contributed by atoms with Crippen molar-refractivity contribution in [3.8, 4) is 28.3 Å². The summed E-state index contributed by atoms with van der Waals surface area (Å²) in [6, 6.07) is 32.0. The molecule has 0 saturated heterocycles. The van der Waals surface area contributed by atoms with Crippen LogP contribution in [0.2, 0.25) is 17.3 Å². The zero-order valence-electron chi connectivity index (χ0n) is 31.0. The number of fused-ring (bicyclic) bond motifs is 4. The number of aryl methyl sites for hydroxylation is 3. The summed E-state index contributed by atoms with van der Waals surface area (Å²) in [7, 11) is 0. The molecular weight excluding hydrogens is 879 g/mol. The van der Waals surface area contributed by atoms with E-state index in [2.05, 4.69) is 115 Å². The second-order valence-corrected chi connectivity index (χ2v) is 25.4. The molecule has 1 radical (unpaired) electrons. The molecule has 6 nitrogen and oxygen atoms in total. The molecule has 3 aromatic carbocycles. The fourth-order valence-corrected chi connectivity index (χ4v) is 10.3. The minimum Gasteiger partial charge on any atom is -0.457 e. The third kappa shape index (κ3) is 7.54. The molecule has 0 N–H and O–H groups in total. The quantitative estimate of drug-likeness (QED) is 0.123. The molecule has 0 spiro atoms. The smallest absolute Gasteiger partial charge is 0.217 e. The number of pyridine rings is 3. The Labute approximate surface area is 322 Å². The minimum atomic E-state index is -1.86. The molecule has 8 heteroatoms. The summed E-state index contributed by atoms with van der Waals surface area (Å²) in [6.45, 7) is 11.0. The summed E-state index contributed by atoms with van der Waals surface area (Å²) >= 11 is -1.86. The van der Waals surface area contributed by atoms with Crippen LogP contribution in [-0.2, 0) is 26.5 Å². The number of hydrogen-bond acceptors (Lipinski definition) is 5. The number of para-hydroxylation sites is 2. The van der Waals surface area contributed by atoms with E-state index in [1.165, 1.54) is 22.3 Å². The minimum absolute atomic E-state index is 0. The Morgan fingerprint density at radius 2 is 1.60 bits per heavy atom. The largest absolute Gasteiger partial charge is 0.457 e.